The second kappa shape index (κ2) is 7.94. The Kier molecular flexibility index (Phi) is 5.68. The van der Waals surface area contributed by atoms with Crippen LogP contribution in [0.3, 0.4) is 0 Å². The lowest BCUT2D eigenvalue weighted by molar-refractivity contribution is -0.118. The molecule has 1 atom stereocenters. The molecule has 2 N–H and O–H groups in total. The number of pyridine rings is 1. The summed E-state index contributed by atoms with van der Waals surface area (Å²) >= 11 is 11.9. The van der Waals surface area contributed by atoms with E-state index in [1.807, 2.05) is 18.3 Å². The first-order valence-electron chi connectivity index (χ1n) is 7.73. The van der Waals surface area contributed by atoms with Crippen LogP contribution >= 0.6 is 23.2 Å². The Balaban J connectivity index is 1.66. The number of carbonyl (C=O) groups is 1. The van der Waals surface area contributed by atoms with Crippen LogP contribution in [0.5, 0.6) is 0 Å². The van der Waals surface area contributed by atoms with E-state index in [2.05, 4.69) is 20.5 Å². The van der Waals surface area contributed by atoms with Crippen molar-refractivity contribution in [2.75, 3.05) is 31.5 Å². The van der Waals surface area contributed by atoms with Gasteiger partial charge in [0.15, 0.2) is 0 Å². The average molecular weight is 365 g/mol. The van der Waals surface area contributed by atoms with Gasteiger partial charge >= 0.3 is 0 Å². The number of carbonyl (C=O) groups excluding carboxylic acids is 1. The van der Waals surface area contributed by atoms with Crippen molar-refractivity contribution in [2.45, 2.75) is 6.04 Å². The van der Waals surface area contributed by atoms with Gasteiger partial charge in [-0.05, 0) is 29.8 Å². The van der Waals surface area contributed by atoms with Gasteiger partial charge in [-0.25, -0.2) is 0 Å². The number of hydrogen-bond acceptors (Lipinski definition) is 4. The number of rotatable bonds is 4. The first kappa shape index (κ1) is 17.2. The zero-order valence-corrected chi connectivity index (χ0v) is 14.5. The van der Waals surface area contributed by atoms with Crippen LogP contribution in [0.1, 0.15) is 11.6 Å². The summed E-state index contributed by atoms with van der Waals surface area (Å²) in [6, 6.07) is 9.14. The first-order valence-corrected chi connectivity index (χ1v) is 8.48. The molecule has 2 heterocycles. The molecule has 1 aliphatic rings. The van der Waals surface area contributed by atoms with Gasteiger partial charge in [-0.1, -0.05) is 29.3 Å². The van der Waals surface area contributed by atoms with Crippen molar-refractivity contribution >= 4 is 34.8 Å². The van der Waals surface area contributed by atoms with E-state index in [0.717, 1.165) is 25.2 Å². The molecule has 3 rings (SSSR count). The van der Waals surface area contributed by atoms with Gasteiger partial charge in [-0.2, -0.15) is 0 Å². The van der Waals surface area contributed by atoms with E-state index >= 15 is 0 Å². The van der Waals surface area contributed by atoms with Crippen LogP contribution in [0.4, 0.5) is 5.69 Å². The van der Waals surface area contributed by atoms with Crippen LogP contribution in [0, 0.1) is 0 Å². The van der Waals surface area contributed by atoms with Gasteiger partial charge in [0.2, 0.25) is 5.91 Å². The zero-order chi connectivity index (χ0) is 16.9. The van der Waals surface area contributed by atoms with Crippen molar-refractivity contribution in [1.29, 1.82) is 0 Å². The number of aromatic nitrogens is 1. The third-order valence-electron chi connectivity index (χ3n) is 3.97. The van der Waals surface area contributed by atoms with E-state index in [1.165, 1.54) is 0 Å². The Morgan fingerprint density at radius 1 is 1.33 bits per heavy atom. The molecule has 1 aromatic heterocycles. The highest BCUT2D eigenvalue weighted by Gasteiger charge is 2.25. The molecule has 1 fully saturated rings. The maximum absolute atomic E-state index is 12.4. The highest BCUT2D eigenvalue weighted by Crippen LogP contribution is 2.25. The SMILES string of the molecule is O=C(CN1CCNCC1c1cccnc1)Nc1ccc(Cl)c(Cl)c1. The van der Waals surface area contributed by atoms with Gasteiger partial charge in [0, 0.05) is 43.8 Å². The predicted molar refractivity (Wildman–Crippen MR) is 96.5 cm³/mol. The van der Waals surface area contributed by atoms with Gasteiger partial charge in [0.25, 0.3) is 0 Å². The fourth-order valence-corrected chi connectivity index (χ4v) is 3.09. The number of hydrogen-bond donors (Lipinski definition) is 2. The summed E-state index contributed by atoms with van der Waals surface area (Å²) in [5.41, 5.74) is 1.74. The molecule has 1 aliphatic heterocycles. The average Bonchev–Trinajstić information content (AvgIpc) is 2.59. The summed E-state index contributed by atoms with van der Waals surface area (Å²) in [6.45, 7) is 2.76. The molecule has 0 radical (unpaired) electrons. The Morgan fingerprint density at radius 2 is 2.21 bits per heavy atom. The molecule has 1 aromatic carbocycles. The number of anilines is 1. The third-order valence-corrected chi connectivity index (χ3v) is 4.71. The second-order valence-corrected chi connectivity index (χ2v) is 6.47. The largest absolute Gasteiger partial charge is 0.325 e. The van der Waals surface area contributed by atoms with Gasteiger partial charge < -0.3 is 10.6 Å². The van der Waals surface area contributed by atoms with E-state index in [4.69, 9.17) is 23.2 Å². The lowest BCUT2D eigenvalue weighted by Crippen LogP contribution is -2.48. The number of piperazine rings is 1. The Labute approximate surface area is 151 Å². The first-order chi connectivity index (χ1) is 11.6. The monoisotopic (exact) mass is 364 g/mol. The van der Waals surface area contributed by atoms with Gasteiger partial charge in [-0.15, -0.1) is 0 Å². The third kappa shape index (κ3) is 4.24. The summed E-state index contributed by atoms with van der Waals surface area (Å²) in [4.78, 5) is 18.7. The molecule has 0 aliphatic carbocycles. The number of halogens is 2. The Bertz CT molecular complexity index is 711. The molecule has 1 unspecified atom stereocenters. The van der Waals surface area contributed by atoms with Crippen LogP contribution < -0.4 is 10.6 Å². The van der Waals surface area contributed by atoms with Crippen molar-refractivity contribution in [3.05, 3.63) is 58.3 Å². The van der Waals surface area contributed by atoms with Crippen molar-refractivity contribution < 1.29 is 4.79 Å². The second-order valence-electron chi connectivity index (χ2n) is 5.65. The maximum atomic E-state index is 12.4. The summed E-state index contributed by atoms with van der Waals surface area (Å²) in [5, 5.41) is 7.12. The van der Waals surface area contributed by atoms with E-state index in [9.17, 15) is 4.79 Å². The van der Waals surface area contributed by atoms with E-state index in [0.29, 0.717) is 22.3 Å². The molecular formula is C17H18Cl2N4O. The van der Waals surface area contributed by atoms with Gasteiger partial charge in [-0.3, -0.25) is 14.7 Å². The molecular weight excluding hydrogens is 347 g/mol. The standard InChI is InChI=1S/C17H18Cl2N4O/c18-14-4-3-13(8-15(14)19)22-17(24)11-23-7-6-21-10-16(23)12-2-1-5-20-9-12/h1-5,8-9,16,21H,6-7,10-11H2,(H,22,24). The molecule has 24 heavy (non-hydrogen) atoms. The molecule has 7 heteroatoms. The van der Waals surface area contributed by atoms with E-state index in [1.54, 1.807) is 24.4 Å². The number of benzene rings is 1. The minimum atomic E-state index is -0.0795. The minimum absolute atomic E-state index is 0.0795. The zero-order valence-electron chi connectivity index (χ0n) is 13.0. The smallest absolute Gasteiger partial charge is 0.238 e. The van der Waals surface area contributed by atoms with Crippen molar-refractivity contribution in [3.63, 3.8) is 0 Å². The summed E-state index contributed by atoms with van der Waals surface area (Å²) in [5.74, 6) is -0.0795. The lowest BCUT2D eigenvalue weighted by Gasteiger charge is -2.35. The molecule has 0 spiro atoms. The minimum Gasteiger partial charge on any atom is -0.325 e. The highest BCUT2D eigenvalue weighted by molar-refractivity contribution is 6.42. The Morgan fingerprint density at radius 3 is 2.96 bits per heavy atom. The predicted octanol–water partition coefficient (Wildman–Crippen LogP) is 2.97. The topological polar surface area (TPSA) is 57.3 Å². The molecule has 126 valence electrons. The van der Waals surface area contributed by atoms with Crippen LogP contribution in [0.2, 0.25) is 10.0 Å². The normalized spacial score (nSPS) is 18.3. The number of nitrogens with one attached hydrogen (secondary N) is 2. The molecule has 0 saturated carbocycles. The lowest BCUT2D eigenvalue weighted by atomic mass is 10.1. The van der Waals surface area contributed by atoms with Crippen LogP contribution in [0.15, 0.2) is 42.7 Å². The molecule has 2 aromatic rings. The van der Waals surface area contributed by atoms with Crippen molar-refractivity contribution in [2.24, 2.45) is 0 Å². The Hall–Kier alpha value is -1.66. The van der Waals surface area contributed by atoms with Crippen LogP contribution in [-0.4, -0.2) is 42.0 Å². The summed E-state index contributed by atoms with van der Waals surface area (Å²) in [6.07, 6.45) is 3.60. The molecule has 1 amide bonds. The number of nitrogens with zero attached hydrogens (tertiary/aromatic N) is 2. The summed E-state index contributed by atoms with van der Waals surface area (Å²) < 4.78 is 0. The fourth-order valence-electron chi connectivity index (χ4n) is 2.80. The van der Waals surface area contributed by atoms with Crippen LogP contribution in [-0.2, 0) is 4.79 Å². The maximum Gasteiger partial charge on any atom is 0.238 e. The van der Waals surface area contributed by atoms with E-state index < -0.39 is 0 Å². The summed E-state index contributed by atoms with van der Waals surface area (Å²) in [7, 11) is 0. The fraction of sp³-hybridized carbons (Fsp3) is 0.294. The molecule has 5 nitrogen and oxygen atoms in total. The quantitative estimate of drug-likeness (QED) is 0.875. The van der Waals surface area contributed by atoms with Crippen molar-refractivity contribution in [1.82, 2.24) is 15.2 Å². The van der Waals surface area contributed by atoms with E-state index in [-0.39, 0.29) is 11.9 Å². The van der Waals surface area contributed by atoms with Gasteiger partial charge in [0.1, 0.15) is 0 Å². The molecule has 0 bridgehead atoms. The molecule has 1 saturated heterocycles. The van der Waals surface area contributed by atoms with Crippen molar-refractivity contribution in [3.8, 4) is 0 Å². The highest BCUT2D eigenvalue weighted by atomic mass is 35.5. The van der Waals surface area contributed by atoms with Crippen LogP contribution in [0.25, 0.3) is 0 Å². The van der Waals surface area contributed by atoms with Gasteiger partial charge in [0.05, 0.1) is 16.6 Å². The number of amides is 1.